The molecule has 0 heterocycles. The van der Waals surface area contributed by atoms with Crippen molar-refractivity contribution in [3.8, 4) is 0 Å². The Kier molecular flexibility index (Phi) is 2.95. The van der Waals surface area contributed by atoms with Crippen molar-refractivity contribution in [2.45, 2.75) is 0 Å². The van der Waals surface area contributed by atoms with Gasteiger partial charge in [0.2, 0.25) is 5.39 Å². The van der Waals surface area contributed by atoms with Crippen LogP contribution >= 0.6 is 31.9 Å². The van der Waals surface area contributed by atoms with E-state index in [1.807, 2.05) is 0 Å². The summed E-state index contributed by atoms with van der Waals surface area (Å²) in [6.07, 6.45) is 0. The molecule has 1 rings (SSSR count). The first-order chi connectivity index (χ1) is 6.06. The van der Waals surface area contributed by atoms with Crippen molar-refractivity contribution in [2.24, 2.45) is 0 Å². The highest BCUT2D eigenvalue weighted by atomic mass is 79.9. The maximum atomic E-state index is 10.5. The summed E-state index contributed by atoms with van der Waals surface area (Å²) in [4.78, 5) is 12.7. The predicted octanol–water partition coefficient (Wildman–Crippen LogP) is 3.60. The van der Waals surface area contributed by atoms with E-state index < -0.39 is 4.92 Å². The molecule has 0 saturated carbocycles. The van der Waals surface area contributed by atoms with Gasteiger partial charge in [0, 0.05) is 10.5 Å². The summed E-state index contributed by atoms with van der Waals surface area (Å²) >= 11 is 6.13. The van der Waals surface area contributed by atoms with E-state index in [4.69, 9.17) is 5.39 Å². The van der Waals surface area contributed by atoms with Crippen molar-refractivity contribution in [2.75, 3.05) is 0 Å². The second kappa shape index (κ2) is 3.81. The maximum absolute atomic E-state index is 10.5. The molecule has 0 fully saturated rings. The molecule has 1 aromatic rings. The zero-order valence-corrected chi connectivity index (χ0v) is 9.24. The van der Waals surface area contributed by atoms with Crippen LogP contribution in [-0.2, 0) is 0 Å². The number of hydrogen-bond donors (Lipinski definition) is 0. The maximum Gasteiger partial charge on any atom is 0.475 e. The second-order valence-corrected chi connectivity index (χ2v) is 3.88. The Labute approximate surface area is 89.8 Å². The van der Waals surface area contributed by atoms with Gasteiger partial charge in [-0.15, -0.1) is 0 Å². The Morgan fingerprint density at radius 1 is 1.46 bits per heavy atom. The topological polar surface area (TPSA) is 71.3 Å². The molecular weight excluding hydrogens is 306 g/mol. The number of benzene rings is 1. The van der Waals surface area contributed by atoms with Gasteiger partial charge in [-0.05, 0) is 22.0 Å². The van der Waals surface area contributed by atoms with Gasteiger partial charge in [-0.3, -0.25) is 10.1 Å². The van der Waals surface area contributed by atoms with Crippen LogP contribution in [0.4, 0.5) is 11.4 Å². The van der Waals surface area contributed by atoms with Gasteiger partial charge < -0.3 is 0 Å². The smallest absolute Gasteiger partial charge is 0.258 e. The molecular formula is C6H2Br2N3O2+. The molecule has 0 N–H and O–H groups in total. The lowest BCUT2D eigenvalue weighted by molar-refractivity contribution is -0.383. The third kappa shape index (κ3) is 2.02. The van der Waals surface area contributed by atoms with Gasteiger partial charge in [0.05, 0.1) is 4.92 Å². The van der Waals surface area contributed by atoms with E-state index in [1.54, 1.807) is 6.07 Å². The molecule has 0 unspecified atom stereocenters. The molecule has 0 aliphatic carbocycles. The highest BCUT2D eigenvalue weighted by Crippen LogP contribution is 2.37. The monoisotopic (exact) mass is 306 g/mol. The summed E-state index contributed by atoms with van der Waals surface area (Å²) in [5.74, 6) is 0. The fourth-order valence-corrected chi connectivity index (χ4v) is 2.07. The van der Waals surface area contributed by atoms with Crippen LogP contribution in [-0.4, -0.2) is 4.92 Å². The van der Waals surface area contributed by atoms with Gasteiger partial charge in [-0.25, -0.2) is 0 Å². The quantitative estimate of drug-likeness (QED) is 0.452. The third-order valence-electron chi connectivity index (χ3n) is 1.30. The molecule has 0 aliphatic heterocycles. The Morgan fingerprint density at radius 3 is 2.54 bits per heavy atom. The van der Waals surface area contributed by atoms with Crippen LogP contribution in [0.1, 0.15) is 0 Å². The van der Waals surface area contributed by atoms with Crippen molar-refractivity contribution in [3.05, 3.63) is 36.2 Å². The molecule has 0 saturated heterocycles. The molecule has 7 heteroatoms. The molecule has 0 atom stereocenters. The summed E-state index contributed by atoms with van der Waals surface area (Å²) in [6.45, 7) is 0. The number of hydrogen-bond acceptors (Lipinski definition) is 3. The normalized spacial score (nSPS) is 9.31. The molecule has 0 aromatic heterocycles. The number of nitro benzene ring substituents is 1. The highest BCUT2D eigenvalue weighted by molar-refractivity contribution is 9.11. The van der Waals surface area contributed by atoms with Crippen LogP contribution in [0, 0.1) is 15.5 Å². The van der Waals surface area contributed by atoms with Crippen molar-refractivity contribution in [1.82, 2.24) is 0 Å². The minimum Gasteiger partial charge on any atom is -0.258 e. The number of halogens is 2. The molecule has 0 bridgehead atoms. The van der Waals surface area contributed by atoms with Crippen molar-refractivity contribution in [1.29, 1.82) is 5.39 Å². The Bertz CT molecular complexity index is 413. The Hall–Kier alpha value is -1.00. The van der Waals surface area contributed by atoms with Crippen LogP contribution in [0.5, 0.6) is 0 Å². The molecule has 5 nitrogen and oxygen atoms in total. The lowest BCUT2D eigenvalue weighted by atomic mass is 10.3. The number of nitrogens with zero attached hydrogens (tertiary/aromatic N) is 3. The van der Waals surface area contributed by atoms with E-state index >= 15 is 0 Å². The van der Waals surface area contributed by atoms with Gasteiger partial charge in [-0.1, -0.05) is 15.9 Å². The summed E-state index contributed by atoms with van der Waals surface area (Å²) in [5, 5.41) is 19.0. The average molecular weight is 308 g/mol. The zero-order valence-electron chi connectivity index (χ0n) is 6.07. The van der Waals surface area contributed by atoms with Crippen LogP contribution < -0.4 is 0 Å². The first kappa shape index (κ1) is 10.1. The van der Waals surface area contributed by atoms with Crippen LogP contribution in [0.2, 0.25) is 0 Å². The average Bonchev–Trinajstić information content (AvgIpc) is 2.02. The molecule has 0 amide bonds. The lowest BCUT2D eigenvalue weighted by Gasteiger charge is -1.91. The molecule has 0 radical (unpaired) electrons. The third-order valence-corrected chi connectivity index (χ3v) is 2.37. The SMILES string of the molecule is N#[N+]c1c(Br)cc(Br)cc1[N+](=O)[O-]. The summed E-state index contributed by atoms with van der Waals surface area (Å²) < 4.78 is 0.898. The second-order valence-electron chi connectivity index (χ2n) is 2.11. The van der Waals surface area contributed by atoms with Crippen LogP contribution in [0.3, 0.4) is 0 Å². The molecule has 1 aromatic carbocycles. The summed E-state index contributed by atoms with van der Waals surface area (Å²) in [7, 11) is 0. The van der Waals surface area contributed by atoms with Gasteiger partial charge in [0.25, 0.3) is 0 Å². The summed E-state index contributed by atoms with van der Waals surface area (Å²) in [6, 6.07) is 2.82. The van der Waals surface area contributed by atoms with Crippen molar-refractivity contribution < 1.29 is 4.92 Å². The first-order valence-corrected chi connectivity index (χ1v) is 4.63. The minimum absolute atomic E-state index is 0.0896. The molecule has 66 valence electrons. The first-order valence-electron chi connectivity index (χ1n) is 3.05. The summed E-state index contributed by atoms with van der Waals surface area (Å²) in [5.41, 5.74) is -0.350. The molecule has 0 spiro atoms. The van der Waals surface area contributed by atoms with Crippen molar-refractivity contribution in [3.63, 3.8) is 0 Å². The van der Waals surface area contributed by atoms with Gasteiger partial charge in [-0.2, -0.15) is 0 Å². The van der Waals surface area contributed by atoms with E-state index in [-0.39, 0.29) is 11.4 Å². The largest absolute Gasteiger partial charge is 0.475 e. The molecule has 13 heavy (non-hydrogen) atoms. The van der Waals surface area contributed by atoms with Gasteiger partial charge in [0.1, 0.15) is 4.47 Å². The van der Waals surface area contributed by atoms with Crippen LogP contribution in [0.15, 0.2) is 21.1 Å². The fourth-order valence-electron chi connectivity index (χ4n) is 0.791. The lowest BCUT2D eigenvalue weighted by Crippen LogP contribution is -1.88. The fraction of sp³-hybridized carbons (Fsp3) is 0. The van der Waals surface area contributed by atoms with Gasteiger partial charge in [0.15, 0.2) is 4.98 Å². The van der Waals surface area contributed by atoms with Crippen molar-refractivity contribution >= 4 is 43.2 Å². The minimum atomic E-state index is -0.620. The van der Waals surface area contributed by atoms with E-state index in [9.17, 15) is 10.1 Å². The van der Waals surface area contributed by atoms with E-state index in [1.165, 1.54) is 6.07 Å². The van der Waals surface area contributed by atoms with E-state index in [0.717, 1.165) is 0 Å². The number of diazo groups is 1. The van der Waals surface area contributed by atoms with E-state index in [2.05, 4.69) is 36.8 Å². The number of rotatable bonds is 1. The van der Waals surface area contributed by atoms with Gasteiger partial charge >= 0.3 is 11.4 Å². The van der Waals surface area contributed by atoms with Crippen LogP contribution in [0.25, 0.3) is 4.98 Å². The van der Waals surface area contributed by atoms with E-state index in [0.29, 0.717) is 8.95 Å². The predicted molar refractivity (Wildman–Crippen MR) is 53.2 cm³/mol. The Balaban J connectivity index is 3.50. The standard InChI is InChI=1S/C6H2Br2N3O2/c7-3-1-4(8)6(10-9)5(2-3)11(12)13/h1-2H/q+1. The highest BCUT2D eigenvalue weighted by Gasteiger charge is 2.28. The number of nitro groups is 1. The zero-order chi connectivity index (χ0) is 10.0. The molecule has 0 aliphatic rings. The Morgan fingerprint density at radius 2 is 2.08 bits per heavy atom.